The molecular formula is C15H14ClFIN. The molecule has 4 heteroatoms. The molecule has 0 spiro atoms. The Labute approximate surface area is 131 Å². The Morgan fingerprint density at radius 1 is 1.21 bits per heavy atom. The Bertz CT molecular complexity index is 605. The number of benzene rings is 2. The smallest absolute Gasteiger partial charge is 0.128 e. The minimum atomic E-state index is -0.505. The fraction of sp³-hybridized carbons (Fsp3) is 0.200. The summed E-state index contributed by atoms with van der Waals surface area (Å²) in [4.78, 5) is 0. The van der Waals surface area contributed by atoms with E-state index in [2.05, 4.69) is 22.6 Å². The van der Waals surface area contributed by atoms with E-state index in [9.17, 15) is 4.39 Å². The van der Waals surface area contributed by atoms with E-state index in [1.807, 2.05) is 32.0 Å². The highest BCUT2D eigenvalue weighted by molar-refractivity contribution is 14.1. The normalized spacial score (nSPS) is 12.5. The molecule has 0 aliphatic carbocycles. The van der Waals surface area contributed by atoms with Gasteiger partial charge in [-0.3, -0.25) is 0 Å². The van der Waals surface area contributed by atoms with Crippen LogP contribution in [0, 0.1) is 23.2 Å². The van der Waals surface area contributed by atoms with Crippen LogP contribution in [0.2, 0.25) is 5.02 Å². The molecule has 19 heavy (non-hydrogen) atoms. The molecule has 0 bridgehead atoms. The summed E-state index contributed by atoms with van der Waals surface area (Å²) in [6, 6.07) is 8.52. The number of hydrogen-bond acceptors (Lipinski definition) is 1. The maximum absolute atomic E-state index is 14.1. The predicted octanol–water partition coefficient (Wildman–Crippen LogP) is 4.75. The Balaban J connectivity index is 2.49. The summed E-state index contributed by atoms with van der Waals surface area (Å²) in [6.45, 7) is 3.74. The number of halogens is 3. The molecule has 0 fully saturated rings. The standard InChI is InChI=1S/C15H14ClFIN/c1-8-5-9(2)14(12(17)6-8)15(19)10-3-4-13(18)11(16)7-10/h3-7,15H,19H2,1-2H3. The van der Waals surface area contributed by atoms with Crippen LogP contribution in [0.4, 0.5) is 4.39 Å². The van der Waals surface area contributed by atoms with E-state index in [0.29, 0.717) is 10.6 Å². The van der Waals surface area contributed by atoms with E-state index < -0.39 is 6.04 Å². The van der Waals surface area contributed by atoms with Crippen LogP contribution < -0.4 is 5.73 Å². The molecule has 2 rings (SSSR count). The van der Waals surface area contributed by atoms with Crippen LogP contribution in [0.15, 0.2) is 30.3 Å². The van der Waals surface area contributed by atoms with Crippen molar-refractivity contribution < 1.29 is 4.39 Å². The van der Waals surface area contributed by atoms with Crippen LogP contribution in [0.3, 0.4) is 0 Å². The lowest BCUT2D eigenvalue weighted by atomic mass is 9.94. The first kappa shape index (κ1) is 14.8. The zero-order chi connectivity index (χ0) is 14.2. The van der Waals surface area contributed by atoms with E-state index in [1.165, 1.54) is 6.07 Å². The molecule has 1 nitrogen and oxygen atoms in total. The number of aryl methyl sites for hydroxylation is 2. The molecule has 0 saturated carbocycles. The summed E-state index contributed by atoms with van der Waals surface area (Å²) in [5.41, 5.74) is 9.29. The first-order valence-corrected chi connectivity index (χ1v) is 7.33. The lowest BCUT2D eigenvalue weighted by Gasteiger charge is -2.17. The van der Waals surface area contributed by atoms with Crippen molar-refractivity contribution >= 4 is 34.2 Å². The molecule has 0 heterocycles. The van der Waals surface area contributed by atoms with Gasteiger partial charge in [0.25, 0.3) is 0 Å². The van der Waals surface area contributed by atoms with E-state index in [0.717, 1.165) is 20.3 Å². The van der Waals surface area contributed by atoms with Gasteiger partial charge in [-0.15, -0.1) is 0 Å². The molecule has 0 aromatic heterocycles. The fourth-order valence-electron chi connectivity index (χ4n) is 2.19. The molecule has 2 aromatic rings. The van der Waals surface area contributed by atoms with E-state index in [1.54, 1.807) is 6.07 Å². The molecule has 100 valence electrons. The summed E-state index contributed by atoms with van der Waals surface area (Å²) in [6.07, 6.45) is 0. The summed E-state index contributed by atoms with van der Waals surface area (Å²) >= 11 is 8.24. The Kier molecular flexibility index (Phi) is 4.48. The second kappa shape index (κ2) is 5.77. The van der Waals surface area contributed by atoms with Crippen LogP contribution in [-0.4, -0.2) is 0 Å². The zero-order valence-electron chi connectivity index (χ0n) is 10.7. The molecule has 1 unspecified atom stereocenters. The van der Waals surface area contributed by atoms with E-state index >= 15 is 0 Å². The maximum atomic E-state index is 14.1. The van der Waals surface area contributed by atoms with Gasteiger partial charge in [-0.25, -0.2) is 4.39 Å². The first-order valence-electron chi connectivity index (χ1n) is 5.87. The Morgan fingerprint density at radius 2 is 1.89 bits per heavy atom. The van der Waals surface area contributed by atoms with Gasteiger partial charge in [0.2, 0.25) is 0 Å². The topological polar surface area (TPSA) is 26.0 Å². The summed E-state index contributed by atoms with van der Waals surface area (Å²) < 4.78 is 15.1. The van der Waals surface area contributed by atoms with Crippen LogP contribution in [-0.2, 0) is 0 Å². The Hall–Kier alpha value is -0.650. The lowest BCUT2D eigenvalue weighted by molar-refractivity contribution is 0.596. The third kappa shape index (κ3) is 3.09. The third-order valence-corrected chi connectivity index (χ3v) is 4.67. The Morgan fingerprint density at radius 3 is 2.47 bits per heavy atom. The van der Waals surface area contributed by atoms with Gasteiger partial charge in [0, 0.05) is 9.13 Å². The molecule has 2 N–H and O–H groups in total. The fourth-order valence-corrected chi connectivity index (χ4v) is 2.72. The molecule has 0 aliphatic heterocycles. The van der Waals surface area contributed by atoms with E-state index in [-0.39, 0.29) is 5.82 Å². The van der Waals surface area contributed by atoms with Gasteiger partial charge >= 0.3 is 0 Å². The van der Waals surface area contributed by atoms with Crippen LogP contribution in [0.25, 0.3) is 0 Å². The van der Waals surface area contributed by atoms with Gasteiger partial charge < -0.3 is 5.73 Å². The van der Waals surface area contributed by atoms with Crippen molar-refractivity contribution in [3.63, 3.8) is 0 Å². The monoisotopic (exact) mass is 389 g/mol. The lowest BCUT2D eigenvalue weighted by Crippen LogP contribution is -2.15. The number of rotatable bonds is 2. The van der Waals surface area contributed by atoms with Crippen molar-refractivity contribution in [1.82, 2.24) is 0 Å². The van der Waals surface area contributed by atoms with Gasteiger partial charge in [0.1, 0.15) is 5.82 Å². The van der Waals surface area contributed by atoms with E-state index in [4.69, 9.17) is 17.3 Å². The average molecular weight is 390 g/mol. The molecule has 0 radical (unpaired) electrons. The molecule has 1 atom stereocenters. The number of nitrogens with two attached hydrogens (primary N) is 1. The third-order valence-electron chi connectivity index (χ3n) is 3.09. The molecule has 0 saturated heterocycles. The minimum Gasteiger partial charge on any atom is -0.320 e. The predicted molar refractivity (Wildman–Crippen MR) is 86.1 cm³/mol. The SMILES string of the molecule is Cc1cc(C)c(C(N)c2ccc(I)c(Cl)c2)c(F)c1. The van der Waals surface area contributed by atoms with Crippen LogP contribution in [0.5, 0.6) is 0 Å². The van der Waals surface area contributed by atoms with Crippen LogP contribution in [0.1, 0.15) is 28.3 Å². The summed E-state index contributed by atoms with van der Waals surface area (Å²) in [5.74, 6) is -0.264. The van der Waals surface area contributed by atoms with Gasteiger partial charge in [0.05, 0.1) is 11.1 Å². The highest BCUT2D eigenvalue weighted by Crippen LogP contribution is 2.29. The maximum Gasteiger partial charge on any atom is 0.128 e. The van der Waals surface area contributed by atoms with Gasteiger partial charge in [-0.2, -0.15) is 0 Å². The van der Waals surface area contributed by atoms with Gasteiger partial charge in [0.15, 0.2) is 0 Å². The quantitative estimate of drug-likeness (QED) is 0.737. The van der Waals surface area contributed by atoms with Gasteiger partial charge in [-0.1, -0.05) is 23.7 Å². The van der Waals surface area contributed by atoms with Crippen molar-refractivity contribution in [3.8, 4) is 0 Å². The number of hydrogen-bond donors (Lipinski definition) is 1. The second-order valence-corrected chi connectivity index (χ2v) is 6.20. The van der Waals surface area contributed by atoms with Crippen LogP contribution >= 0.6 is 34.2 Å². The summed E-state index contributed by atoms with van der Waals surface area (Å²) in [5, 5.41) is 0.638. The second-order valence-electron chi connectivity index (χ2n) is 4.63. The summed E-state index contributed by atoms with van der Waals surface area (Å²) in [7, 11) is 0. The average Bonchev–Trinajstić information content (AvgIpc) is 2.31. The van der Waals surface area contributed by atoms with Crippen molar-refractivity contribution in [3.05, 3.63) is 67.0 Å². The van der Waals surface area contributed by atoms with Crippen molar-refractivity contribution in [1.29, 1.82) is 0 Å². The highest BCUT2D eigenvalue weighted by Gasteiger charge is 2.17. The molecule has 0 amide bonds. The van der Waals surface area contributed by atoms with Crippen molar-refractivity contribution in [2.24, 2.45) is 5.73 Å². The largest absolute Gasteiger partial charge is 0.320 e. The van der Waals surface area contributed by atoms with Gasteiger partial charge in [-0.05, 0) is 71.3 Å². The molecule has 2 aromatic carbocycles. The first-order chi connectivity index (χ1) is 8.90. The molecular weight excluding hydrogens is 376 g/mol. The zero-order valence-corrected chi connectivity index (χ0v) is 13.6. The highest BCUT2D eigenvalue weighted by atomic mass is 127. The minimum absolute atomic E-state index is 0.264. The molecule has 0 aliphatic rings. The van der Waals surface area contributed by atoms with Crippen molar-refractivity contribution in [2.45, 2.75) is 19.9 Å². The van der Waals surface area contributed by atoms with Crippen molar-refractivity contribution in [2.75, 3.05) is 0 Å².